The predicted molar refractivity (Wildman–Crippen MR) is 47.8 cm³/mol. The van der Waals surface area contributed by atoms with Gasteiger partial charge < -0.3 is 0 Å². The van der Waals surface area contributed by atoms with E-state index in [2.05, 4.69) is 4.98 Å². The van der Waals surface area contributed by atoms with Gasteiger partial charge in [-0.1, -0.05) is 6.42 Å². The van der Waals surface area contributed by atoms with Crippen molar-refractivity contribution in [3.63, 3.8) is 0 Å². The molecule has 0 saturated heterocycles. The van der Waals surface area contributed by atoms with E-state index in [0.717, 1.165) is 19.3 Å². The highest BCUT2D eigenvalue weighted by atomic mass is 19.1. The first-order valence-corrected chi connectivity index (χ1v) is 4.38. The van der Waals surface area contributed by atoms with Crippen LogP contribution in [0.25, 0.3) is 0 Å². The Morgan fingerprint density at radius 3 is 2.50 bits per heavy atom. The van der Waals surface area contributed by atoms with E-state index in [1.165, 1.54) is 5.56 Å². The number of nitrogens with zero attached hydrogens (tertiary/aromatic N) is 1. The standard InChI is InChI=1S/C10H14FN/c11-7-3-1-2-4-10-5-8-12-9-6-10/h5-6,8-9H,1-4,7H2. The number of unbranched alkanes of at least 4 members (excludes halogenated alkanes) is 2. The average molecular weight is 167 g/mol. The molecule has 0 radical (unpaired) electrons. The molecule has 0 unspecified atom stereocenters. The minimum absolute atomic E-state index is 0.184. The van der Waals surface area contributed by atoms with E-state index in [9.17, 15) is 4.39 Å². The topological polar surface area (TPSA) is 12.9 Å². The van der Waals surface area contributed by atoms with Crippen LogP contribution >= 0.6 is 0 Å². The summed E-state index contributed by atoms with van der Waals surface area (Å²) in [5.41, 5.74) is 1.30. The Hall–Kier alpha value is -0.920. The van der Waals surface area contributed by atoms with Gasteiger partial charge in [-0.05, 0) is 37.0 Å². The van der Waals surface area contributed by atoms with Crippen molar-refractivity contribution in [1.29, 1.82) is 0 Å². The third-order valence-electron chi connectivity index (χ3n) is 1.85. The second-order valence-electron chi connectivity index (χ2n) is 2.86. The molecule has 0 aromatic carbocycles. The van der Waals surface area contributed by atoms with Crippen LogP contribution in [-0.2, 0) is 6.42 Å². The maximum atomic E-state index is 11.7. The lowest BCUT2D eigenvalue weighted by molar-refractivity contribution is 0.456. The molecular weight excluding hydrogens is 153 g/mol. The zero-order valence-corrected chi connectivity index (χ0v) is 7.17. The third-order valence-corrected chi connectivity index (χ3v) is 1.85. The lowest BCUT2D eigenvalue weighted by Gasteiger charge is -1.98. The van der Waals surface area contributed by atoms with Gasteiger partial charge in [-0.15, -0.1) is 0 Å². The van der Waals surface area contributed by atoms with Crippen LogP contribution in [0.5, 0.6) is 0 Å². The molecule has 2 heteroatoms. The molecule has 1 aromatic heterocycles. The minimum Gasteiger partial charge on any atom is -0.265 e. The van der Waals surface area contributed by atoms with Crippen molar-refractivity contribution in [1.82, 2.24) is 4.98 Å². The molecule has 0 bridgehead atoms. The van der Waals surface area contributed by atoms with E-state index in [1.807, 2.05) is 12.1 Å². The van der Waals surface area contributed by atoms with Crippen LogP contribution < -0.4 is 0 Å². The fourth-order valence-corrected chi connectivity index (χ4v) is 1.15. The molecule has 0 aliphatic rings. The highest BCUT2D eigenvalue weighted by Gasteiger charge is 1.91. The maximum Gasteiger partial charge on any atom is 0.0894 e. The van der Waals surface area contributed by atoms with Crippen molar-refractivity contribution >= 4 is 0 Å². The molecule has 1 nitrogen and oxygen atoms in total. The molecule has 66 valence electrons. The van der Waals surface area contributed by atoms with Gasteiger partial charge in [-0.25, -0.2) is 0 Å². The first-order valence-electron chi connectivity index (χ1n) is 4.38. The average Bonchev–Trinajstić information content (AvgIpc) is 2.14. The number of rotatable bonds is 5. The van der Waals surface area contributed by atoms with Gasteiger partial charge in [0.2, 0.25) is 0 Å². The molecule has 0 saturated carbocycles. The van der Waals surface area contributed by atoms with Crippen LogP contribution in [0.15, 0.2) is 24.5 Å². The summed E-state index contributed by atoms with van der Waals surface area (Å²) < 4.78 is 11.7. The number of hydrogen-bond acceptors (Lipinski definition) is 1. The summed E-state index contributed by atoms with van der Waals surface area (Å²) in [6.07, 6.45) is 7.40. The van der Waals surface area contributed by atoms with Crippen LogP contribution in [0.3, 0.4) is 0 Å². The fraction of sp³-hybridized carbons (Fsp3) is 0.500. The Kier molecular flexibility index (Phi) is 4.35. The van der Waals surface area contributed by atoms with E-state index in [-0.39, 0.29) is 6.67 Å². The first-order chi connectivity index (χ1) is 5.93. The van der Waals surface area contributed by atoms with Gasteiger partial charge in [0.15, 0.2) is 0 Å². The van der Waals surface area contributed by atoms with E-state index in [1.54, 1.807) is 12.4 Å². The molecule has 0 fully saturated rings. The molecule has 0 aliphatic heterocycles. The molecule has 12 heavy (non-hydrogen) atoms. The Labute approximate surface area is 72.6 Å². The van der Waals surface area contributed by atoms with E-state index in [4.69, 9.17) is 0 Å². The minimum atomic E-state index is -0.184. The highest BCUT2D eigenvalue weighted by Crippen LogP contribution is 2.04. The summed E-state index contributed by atoms with van der Waals surface area (Å²) in [4.78, 5) is 3.93. The molecule has 0 amide bonds. The Morgan fingerprint density at radius 2 is 1.83 bits per heavy atom. The molecular formula is C10H14FN. The van der Waals surface area contributed by atoms with Crippen molar-refractivity contribution in [3.8, 4) is 0 Å². The summed E-state index contributed by atoms with van der Waals surface area (Å²) >= 11 is 0. The number of pyridine rings is 1. The Bertz CT molecular complexity index is 198. The lowest BCUT2D eigenvalue weighted by atomic mass is 10.1. The zero-order valence-electron chi connectivity index (χ0n) is 7.17. The van der Waals surface area contributed by atoms with Gasteiger partial charge in [0.1, 0.15) is 0 Å². The molecule has 1 heterocycles. The third kappa shape index (κ3) is 3.46. The monoisotopic (exact) mass is 167 g/mol. The Balaban J connectivity index is 2.16. The predicted octanol–water partition coefficient (Wildman–Crippen LogP) is 2.76. The van der Waals surface area contributed by atoms with E-state index >= 15 is 0 Å². The van der Waals surface area contributed by atoms with Gasteiger partial charge in [-0.3, -0.25) is 9.37 Å². The number of aromatic nitrogens is 1. The van der Waals surface area contributed by atoms with Crippen LogP contribution in [0.1, 0.15) is 24.8 Å². The zero-order chi connectivity index (χ0) is 8.65. The largest absolute Gasteiger partial charge is 0.265 e. The van der Waals surface area contributed by atoms with E-state index in [0.29, 0.717) is 6.42 Å². The highest BCUT2D eigenvalue weighted by molar-refractivity contribution is 5.09. The van der Waals surface area contributed by atoms with Crippen molar-refractivity contribution in [2.75, 3.05) is 6.67 Å². The van der Waals surface area contributed by atoms with Crippen LogP contribution in [-0.4, -0.2) is 11.7 Å². The van der Waals surface area contributed by atoms with Crippen molar-refractivity contribution in [2.24, 2.45) is 0 Å². The van der Waals surface area contributed by atoms with Gasteiger partial charge in [0.25, 0.3) is 0 Å². The smallest absolute Gasteiger partial charge is 0.0894 e. The molecule has 0 atom stereocenters. The summed E-state index contributed by atoms with van der Waals surface area (Å²) in [6, 6.07) is 4.02. The first kappa shape index (κ1) is 9.17. The summed E-state index contributed by atoms with van der Waals surface area (Å²) in [5.74, 6) is 0. The molecule has 0 N–H and O–H groups in total. The van der Waals surface area contributed by atoms with E-state index < -0.39 is 0 Å². The van der Waals surface area contributed by atoms with Gasteiger partial charge in [-0.2, -0.15) is 0 Å². The molecule has 0 spiro atoms. The van der Waals surface area contributed by atoms with Gasteiger partial charge in [0.05, 0.1) is 6.67 Å². The summed E-state index contributed by atoms with van der Waals surface area (Å²) in [5, 5.41) is 0. The second kappa shape index (κ2) is 5.70. The fourth-order valence-electron chi connectivity index (χ4n) is 1.15. The SMILES string of the molecule is FCCCCCc1ccncc1. The van der Waals surface area contributed by atoms with Crippen molar-refractivity contribution in [3.05, 3.63) is 30.1 Å². The number of hydrogen-bond donors (Lipinski definition) is 0. The quantitative estimate of drug-likeness (QED) is 0.614. The van der Waals surface area contributed by atoms with Crippen LogP contribution in [0.4, 0.5) is 4.39 Å². The number of halogens is 1. The van der Waals surface area contributed by atoms with Crippen molar-refractivity contribution in [2.45, 2.75) is 25.7 Å². The Morgan fingerprint density at radius 1 is 1.08 bits per heavy atom. The number of aryl methyl sites for hydroxylation is 1. The second-order valence-corrected chi connectivity index (χ2v) is 2.86. The molecule has 1 rings (SSSR count). The van der Waals surface area contributed by atoms with Crippen LogP contribution in [0.2, 0.25) is 0 Å². The molecule has 0 aliphatic carbocycles. The maximum absolute atomic E-state index is 11.7. The number of alkyl halides is 1. The van der Waals surface area contributed by atoms with Crippen LogP contribution in [0, 0.1) is 0 Å². The van der Waals surface area contributed by atoms with Gasteiger partial charge >= 0.3 is 0 Å². The summed E-state index contributed by atoms with van der Waals surface area (Å²) in [6.45, 7) is -0.184. The van der Waals surface area contributed by atoms with Gasteiger partial charge in [0, 0.05) is 12.4 Å². The molecule has 1 aromatic rings. The normalized spacial score (nSPS) is 10.1. The van der Waals surface area contributed by atoms with Crippen molar-refractivity contribution < 1.29 is 4.39 Å². The lowest BCUT2D eigenvalue weighted by Crippen LogP contribution is -1.86. The summed E-state index contributed by atoms with van der Waals surface area (Å²) in [7, 11) is 0.